The average molecular weight is 566 g/mol. The Kier molecular flexibility index (Phi) is 6.73. The van der Waals surface area contributed by atoms with Crippen molar-refractivity contribution < 1.29 is 35.9 Å². The van der Waals surface area contributed by atoms with Crippen molar-refractivity contribution in [2.24, 2.45) is 5.41 Å². The number of hydrogen-bond acceptors (Lipinski definition) is 8. The molecular formula is C25H28FN3O7S2. The zero-order chi connectivity index (χ0) is 28.2. The molecule has 2 aromatic carbocycles. The third-order valence-electron chi connectivity index (χ3n) is 6.09. The second-order valence-corrected chi connectivity index (χ2v) is 13.7. The summed E-state index contributed by atoms with van der Waals surface area (Å²) in [5, 5.41) is 15.0. The molecule has 1 atom stereocenters. The van der Waals surface area contributed by atoms with Crippen LogP contribution in [0, 0.1) is 11.2 Å². The molecule has 0 radical (unpaired) electrons. The second-order valence-electron chi connectivity index (χ2n) is 10.2. The van der Waals surface area contributed by atoms with E-state index in [0.717, 1.165) is 11.7 Å². The zero-order valence-corrected chi connectivity index (χ0v) is 23.0. The number of carbonyl (C=O) groups excluding carboxylic acids is 1. The van der Waals surface area contributed by atoms with Crippen LogP contribution in [0.4, 0.5) is 15.8 Å². The molecule has 0 bridgehead atoms. The number of hydrogen-bond donors (Lipinski definition) is 3. The number of sulfone groups is 1. The molecule has 1 unspecified atom stereocenters. The van der Waals surface area contributed by atoms with Crippen LogP contribution in [0.25, 0.3) is 0 Å². The SMILES string of the molecule is COc1cc(CN2C(=O)C(C3=CS(=O)(=O)c4cc(NS(C)(=O)=O)ccc4N3)=C(O)C2C(C)(C)C)ccc1F. The number of nitrogens with one attached hydrogen (secondary N) is 2. The Balaban J connectivity index is 1.74. The second kappa shape index (κ2) is 9.31. The maximum absolute atomic E-state index is 13.9. The maximum Gasteiger partial charge on any atom is 0.260 e. The summed E-state index contributed by atoms with van der Waals surface area (Å²) in [5.41, 5.74) is -0.243. The van der Waals surface area contributed by atoms with Gasteiger partial charge in [0.1, 0.15) is 11.3 Å². The number of halogens is 1. The molecule has 0 saturated heterocycles. The lowest BCUT2D eigenvalue weighted by molar-refractivity contribution is -0.129. The highest BCUT2D eigenvalue weighted by Gasteiger charge is 2.47. The maximum atomic E-state index is 13.9. The Morgan fingerprint density at radius 1 is 1.18 bits per heavy atom. The van der Waals surface area contributed by atoms with E-state index >= 15 is 0 Å². The van der Waals surface area contributed by atoms with Crippen LogP contribution >= 0.6 is 0 Å². The van der Waals surface area contributed by atoms with E-state index in [0.29, 0.717) is 5.56 Å². The van der Waals surface area contributed by atoms with Crippen molar-refractivity contribution in [3.05, 3.63) is 70.2 Å². The van der Waals surface area contributed by atoms with Crippen molar-refractivity contribution in [2.45, 2.75) is 38.3 Å². The van der Waals surface area contributed by atoms with Gasteiger partial charge in [-0.15, -0.1) is 0 Å². The molecule has 2 aliphatic heterocycles. The van der Waals surface area contributed by atoms with E-state index in [9.17, 15) is 31.1 Å². The summed E-state index contributed by atoms with van der Waals surface area (Å²) < 4.78 is 70.6. The van der Waals surface area contributed by atoms with Crippen molar-refractivity contribution in [1.29, 1.82) is 0 Å². The molecule has 2 aliphatic rings. The molecule has 0 spiro atoms. The summed E-state index contributed by atoms with van der Waals surface area (Å²) >= 11 is 0. The number of nitrogens with zero attached hydrogens (tertiary/aromatic N) is 1. The number of sulfonamides is 1. The minimum Gasteiger partial charge on any atom is -0.509 e. The van der Waals surface area contributed by atoms with Gasteiger partial charge in [-0.25, -0.2) is 21.2 Å². The molecule has 10 nitrogen and oxygen atoms in total. The number of aliphatic hydroxyl groups excluding tert-OH is 1. The molecule has 4 rings (SSSR count). The van der Waals surface area contributed by atoms with E-state index in [4.69, 9.17) is 4.74 Å². The van der Waals surface area contributed by atoms with Gasteiger partial charge in [0.2, 0.25) is 19.9 Å². The van der Waals surface area contributed by atoms with Crippen LogP contribution in [0.3, 0.4) is 0 Å². The normalized spacial score (nSPS) is 19.1. The largest absolute Gasteiger partial charge is 0.509 e. The number of aliphatic hydroxyl groups is 1. The topological polar surface area (TPSA) is 142 Å². The number of carbonyl (C=O) groups is 1. The third kappa shape index (κ3) is 5.20. The first kappa shape index (κ1) is 27.5. The van der Waals surface area contributed by atoms with Gasteiger partial charge in [0.05, 0.1) is 41.1 Å². The van der Waals surface area contributed by atoms with Gasteiger partial charge >= 0.3 is 0 Å². The van der Waals surface area contributed by atoms with Crippen molar-refractivity contribution in [3.63, 3.8) is 0 Å². The first-order valence-corrected chi connectivity index (χ1v) is 14.9. The zero-order valence-electron chi connectivity index (χ0n) is 21.4. The van der Waals surface area contributed by atoms with Gasteiger partial charge in [-0.05, 0) is 41.3 Å². The first-order valence-electron chi connectivity index (χ1n) is 11.4. The molecule has 0 saturated carbocycles. The van der Waals surface area contributed by atoms with Gasteiger partial charge in [0, 0.05) is 12.2 Å². The van der Waals surface area contributed by atoms with Crippen LogP contribution in [0.1, 0.15) is 26.3 Å². The number of rotatable bonds is 6. The molecule has 0 aromatic heterocycles. The Bertz CT molecular complexity index is 1610. The van der Waals surface area contributed by atoms with Gasteiger partial charge in [0.25, 0.3) is 5.91 Å². The lowest BCUT2D eigenvalue weighted by Gasteiger charge is -2.35. The number of fused-ring (bicyclic) bond motifs is 1. The highest BCUT2D eigenvalue weighted by atomic mass is 32.2. The Labute approximate surface area is 220 Å². The van der Waals surface area contributed by atoms with E-state index in [1.54, 1.807) is 0 Å². The summed E-state index contributed by atoms with van der Waals surface area (Å²) in [6.07, 6.45) is 0.942. The number of ether oxygens (including phenoxy) is 1. The van der Waals surface area contributed by atoms with Gasteiger partial charge < -0.3 is 20.1 Å². The lowest BCUT2D eigenvalue weighted by Crippen LogP contribution is -2.43. The molecule has 2 aromatic rings. The van der Waals surface area contributed by atoms with E-state index in [2.05, 4.69) is 10.0 Å². The predicted octanol–water partition coefficient (Wildman–Crippen LogP) is 3.52. The molecular weight excluding hydrogens is 537 g/mol. The van der Waals surface area contributed by atoms with Crippen molar-refractivity contribution in [2.75, 3.05) is 23.4 Å². The minimum absolute atomic E-state index is 0.00209. The monoisotopic (exact) mass is 565 g/mol. The highest BCUT2D eigenvalue weighted by Crippen LogP contribution is 2.42. The molecule has 13 heteroatoms. The van der Waals surface area contributed by atoms with E-state index < -0.39 is 43.0 Å². The fourth-order valence-electron chi connectivity index (χ4n) is 4.60. The van der Waals surface area contributed by atoms with Crippen molar-refractivity contribution in [1.82, 2.24) is 4.90 Å². The summed E-state index contributed by atoms with van der Waals surface area (Å²) in [5.74, 6) is -1.47. The van der Waals surface area contributed by atoms with Crippen LogP contribution in [-0.2, 0) is 31.2 Å². The molecule has 0 aliphatic carbocycles. The average Bonchev–Trinajstić information content (AvgIpc) is 3.03. The smallest absolute Gasteiger partial charge is 0.260 e. The van der Waals surface area contributed by atoms with Crippen molar-refractivity contribution >= 4 is 37.1 Å². The van der Waals surface area contributed by atoms with Crippen LogP contribution in [-0.4, -0.2) is 52.2 Å². The van der Waals surface area contributed by atoms with Gasteiger partial charge in [0.15, 0.2) is 11.6 Å². The molecule has 2 heterocycles. The number of methoxy groups -OCH3 is 1. The molecule has 3 N–H and O–H groups in total. The quantitative estimate of drug-likeness (QED) is 0.483. The summed E-state index contributed by atoms with van der Waals surface area (Å²) in [7, 11) is -6.44. The van der Waals surface area contributed by atoms with Crippen LogP contribution < -0.4 is 14.8 Å². The lowest BCUT2D eigenvalue weighted by atomic mass is 9.85. The van der Waals surface area contributed by atoms with E-state index in [1.165, 1.54) is 48.4 Å². The predicted molar refractivity (Wildman–Crippen MR) is 140 cm³/mol. The number of amides is 1. The fourth-order valence-corrected chi connectivity index (χ4v) is 6.49. The van der Waals surface area contributed by atoms with Crippen LogP contribution in [0.5, 0.6) is 5.75 Å². The first-order chi connectivity index (χ1) is 17.5. The van der Waals surface area contributed by atoms with Crippen LogP contribution in [0.2, 0.25) is 0 Å². The molecule has 1 amide bonds. The van der Waals surface area contributed by atoms with Gasteiger partial charge in [-0.2, -0.15) is 0 Å². The molecule has 204 valence electrons. The molecule has 0 fully saturated rings. The van der Waals surface area contributed by atoms with Gasteiger partial charge in [-0.1, -0.05) is 26.8 Å². The number of anilines is 2. The fraction of sp³-hybridized carbons (Fsp3) is 0.320. The Morgan fingerprint density at radius 2 is 1.87 bits per heavy atom. The Morgan fingerprint density at radius 3 is 2.47 bits per heavy atom. The Hall–Kier alpha value is -3.58. The highest BCUT2D eigenvalue weighted by molar-refractivity contribution is 7.94. The van der Waals surface area contributed by atoms with E-state index in [-0.39, 0.29) is 45.6 Å². The van der Waals surface area contributed by atoms with E-state index in [1.807, 2.05) is 20.8 Å². The number of benzene rings is 2. The minimum atomic E-state index is -4.13. The standard InChI is InChI=1S/C25H28FN3O7S2/c1-25(2,3)23-22(30)21(24(31)29(23)12-14-6-8-16(26)19(10-14)36-4)18-13-38(34,35)20-11-15(28-37(5,32)33)7-9-17(20)27-18/h6-11,13,23,27-28,30H,12H2,1-5H3. The summed E-state index contributed by atoms with van der Waals surface area (Å²) in [6.45, 7) is 5.48. The van der Waals surface area contributed by atoms with Crippen LogP contribution in [0.15, 0.2) is 63.7 Å². The van der Waals surface area contributed by atoms with Crippen molar-refractivity contribution in [3.8, 4) is 5.75 Å². The summed E-state index contributed by atoms with van der Waals surface area (Å²) in [4.78, 5) is 14.9. The van der Waals surface area contributed by atoms with Gasteiger partial charge in [-0.3, -0.25) is 9.52 Å². The summed E-state index contributed by atoms with van der Waals surface area (Å²) in [6, 6.07) is 7.28. The molecule has 38 heavy (non-hydrogen) atoms. The third-order valence-corrected chi connectivity index (χ3v) is 8.20.